The number of para-hydroxylation sites is 2. The maximum atomic E-state index is 12.4. The van der Waals surface area contributed by atoms with Gasteiger partial charge >= 0.3 is 0 Å². The smallest absolute Gasteiger partial charge is 0.225 e. The van der Waals surface area contributed by atoms with Crippen molar-refractivity contribution in [3.05, 3.63) is 24.3 Å². The van der Waals surface area contributed by atoms with Crippen molar-refractivity contribution in [3.8, 4) is 5.75 Å². The van der Waals surface area contributed by atoms with Gasteiger partial charge < -0.3 is 20.1 Å². The number of aliphatic hydroxyl groups is 1. The molecule has 1 aromatic carbocycles. The highest BCUT2D eigenvalue weighted by molar-refractivity contribution is 5.80. The van der Waals surface area contributed by atoms with Gasteiger partial charge in [0.15, 0.2) is 0 Å². The summed E-state index contributed by atoms with van der Waals surface area (Å²) in [5.41, 5.74) is 1.08. The minimum absolute atomic E-state index is 0.0156. The number of ether oxygens (including phenoxy) is 1. The number of anilines is 1. The van der Waals surface area contributed by atoms with Crippen LogP contribution in [0.1, 0.15) is 32.1 Å². The third-order valence-electron chi connectivity index (χ3n) is 5.01. The normalized spacial score (nSPS) is 27.7. The van der Waals surface area contributed by atoms with Crippen LogP contribution in [-0.4, -0.2) is 43.4 Å². The third-order valence-corrected chi connectivity index (χ3v) is 5.01. The summed E-state index contributed by atoms with van der Waals surface area (Å²) >= 11 is 0. The van der Waals surface area contributed by atoms with Crippen LogP contribution in [0.2, 0.25) is 0 Å². The first kappa shape index (κ1) is 16.1. The van der Waals surface area contributed by atoms with Gasteiger partial charge in [-0.25, -0.2) is 0 Å². The minimum atomic E-state index is -0.469. The Morgan fingerprint density at radius 1 is 1.26 bits per heavy atom. The van der Waals surface area contributed by atoms with Gasteiger partial charge in [-0.3, -0.25) is 4.79 Å². The van der Waals surface area contributed by atoms with Crippen molar-refractivity contribution in [2.75, 3.05) is 25.1 Å². The molecule has 126 valence electrons. The van der Waals surface area contributed by atoms with E-state index < -0.39 is 6.10 Å². The second-order valence-electron chi connectivity index (χ2n) is 6.57. The number of nitrogens with one attached hydrogen (secondary N) is 1. The molecule has 3 atom stereocenters. The highest BCUT2D eigenvalue weighted by Gasteiger charge is 2.33. The average molecular weight is 318 g/mol. The van der Waals surface area contributed by atoms with Crippen molar-refractivity contribution >= 4 is 11.6 Å². The number of hydrogen-bond donors (Lipinski definition) is 2. The van der Waals surface area contributed by atoms with Gasteiger partial charge in [0.25, 0.3) is 0 Å². The number of aliphatic hydroxyl groups excluding tert-OH is 1. The van der Waals surface area contributed by atoms with Crippen LogP contribution in [0.5, 0.6) is 5.75 Å². The first-order chi connectivity index (χ1) is 11.2. The number of carbonyl (C=O) groups excluding carboxylic acids is 1. The molecular weight excluding hydrogens is 292 g/mol. The van der Waals surface area contributed by atoms with Crippen LogP contribution in [0.25, 0.3) is 0 Å². The summed E-state index contributed by atoms with van der Waals surface area (Å²) in [6.45, 7) is 1.76. The molecule has 3 rings (SSSR count). The fraction of sp³-hybridized carbons (Fsp3) is 0.611. The predicted molar refractivity (Wildman–Crippen MR) is 89.7 cm³/mol. The van der Waals surface area contributed by atoms with Gasteiger partial charge in [0, 0.05) is 19.1 Å². The predicted octanol–water partition coefficient (Wildman–Crippen LogP) is 1.94. The molecule has 5 nitrogen and oxygen atoms in total. The quantitative estimate of drug-likeness (QED) is 0.891. The van der Waals surface area contributed by atoms with E-state index in [2.05, 4.69) is 16.3 Å². The topological polar surface area (TPSA) is 61.8 Å². The lowest BCUT2D eigenvalue weighted by molar-refractivity contribution is -0.128. The summed E-state index contributed by atoms with van der Waals surface area (Å²) in [6, 6.07) is 8.13. The molecule has 23 heavy (non-hydrogen) atoms. The number of amides is 1. The molecule has 0 radical (unpaired) electrons. The molecule has 2 aliphatic rings. The van der Waals surface area contributed by atoms with E-state index in [1.807, 2.05) is 18.2 Å². The number of rotatable bonds is 4. The molecule has 0 bridgehead atoms. The van der Waals surface area contributed by atoms with Crippen LogP contribution < -0.4 is 15.0 Å². The van der Waals surface area contributed by atoms with Gasteiger partial charge in [-0.1, -0.05) is 12.1 Å². The minimum Gasteiger partial charge on any atom is -0.495 e. The van der Waals surface area contributed by atoms with E-state index in [9.17, 15) is 9.90 Å². The first-order valence-electron chi connectivity index (χ1n) is 8.55. The summed E-state index contributed by atoms with van der Waals surface area (Å²) in [7, 11) is 1.68. The lowest BCUT2D eigenvalue weighted by Gasteiger charge is -2.36. The molecule has 2 N–H and O–H groups in total. The highest BCUT2D eigenvalue weighted by atomic mass is 16.5. The molecule has 3 unspecified atom stereocenters. The fourth-order valence-corrected chi connectivity index (χ4v) is 3.76. The Morgan fingerprint density at radius 3 is 2.83 bits per heavy atom. The summed E-state index contributed by atoms with van der Waals surface area (Å²) < 4.78 is 5.45. The van der Waals surface area contributed by atoms with Crippen LogP contribution in [0.15, 0.2) is 24.3 Å². The molecule has 0 aromatic heterocycles. The van der Waals surface area contributed by atoms with E-state index in [1.54, 1.807) is 7.11 Å². The summed E-state index contributed by atoms with van der Waals surface area (Å²) in [6.07, 6.45) is 4.05. The third kappa shape index (κ3) is 3.61. The standard InChI is InChI=1S/C18H26N2O3/c1-23-17-10-3-2-8-15(17)20-11-5-6-13(12-20)19-18(22)14-7-4-9-16(14)21/h2-3,8,10,13-14,16,21H,4-7,9,11-12H2,1H3,(H,19,22). The molecule has 1 aliphatic carbocycles. The molecule has 1 saturated carbocycles. The SMILES string of the molecule is COc1ccccc1N1CCCC(NC(=O)C2CCCC2O)C1. The molecule has 1 heterocycles. The monoisotopic (exact) mass is 318 g/mol. The number of nitrogens with zero attached hydrogens (tertiary/aromatic N) is 1. The average Bonchev–Trinajstić information content (AvgIpc) is 3.01. The summed E-state index contributed by atoms with van der Waals surface area (Å²) in [5, 5.41) is 13.0. The van der Waals surface area contributed by atoms with Crippen LogP contribution in [0, 0.1) is 5.92 Å². The van der Waals surface area contributed by atoms with E-state index in [0.29, 0.717) is 0 Å². The Hall–Kier alpha value is -1.75. The number of carbonyl (C=O) groups is 1. The number of hydrogen-bond acceptors (Lipinski definition) is 4. The van der Waals surface area contributed by atoms with Gasteiger partial charge in [-0.15, -0.1) is 0 Å². The van der Waals surface area contributed by atoms with Crippen LogP contribution in [-0.2, 0) is 4.79 Å². The van der Waals surface area contributed by atoms with Crippen molar-refractivity contribution in [3.63, 3.8) is 0 Å². The molecule has 1 saturated heterocycles. The summed E-state index contributed by atoms with van der Waals surface area (Å²) in [5.74, 6) is 0.657. The highest BCUT2D eigenvalue weighted by Crippen LogP contribution is 2.30. The zero-order valence-electron chi connectivity index (χ0n) is 13.7. The molecule has 1 aromatic rings. The van der Waals surface area contributed by atoms with E-state index in [1.165, 1.54) is 0 Å². The molecule has 5 heteroatoms. The largest absolute Gasteiger partial charge is 0.495 e. The van der Waals surface area contributed by atoms with E-state index >= 15 is 0 Å². The van der Waals surface area contributed by atoms with Crippen LogP contribution in [0.4, 0.5) is 5.69 Å². The first-order valence-corrected chi connectivity index (χ1v) is 8.55. The van der Waals surface area contributed by atoms with Gasteiger partial charge in [-0.05, 0) is 44.2 Å². The Morgan fingerprint density at radius 2 is 2.09 bits per heavy atom. The Labute approximate surface area is 137 Å². The Kier molecular flexibility index (Phi) is 5.06. The Bertz CT molecular complexity index is 549. The van der Waals surface area contributed by atoms with Crippen molar-refractivity contribution < 1.29 is 14.6 Å². The maximum absolute atomic E-state index is 12.4. The molecule has 1 aliphatic heterocycles. The lowest BCUT2D eigenvalue weighted by atomic mass is 10.0. The van der Waals surface area contributed by atoms with Crippen molar-refractivity contribution in [1.29, 1.82) is 0 Å². The van der Waals surface area contributed by atoms with Gasteiger partial charge in [0.05, 0.1) is 24.8 Å². The number of methoxy groups -OCH3 is 1. The zero-order valence-corrected chi connectivity index (χ0v) is 13.7. The zero-order chi connectivity index (χ0) is 16.2. The molecule has 1 amide bonds. The Balaban J connectivity index is 1.63. The number of piperidine rings is 1. The van der Waals surface area contributed by atoms with E-state index in [4.69, 9.17) is 4.74 Å². The van der Waals surface area contributed by atoms with Gasteiger partial charge in [0.2, 0.25) is 5.91 Å². The van der Waals surface area contributed by atoms with Crippen LogP contribution >= 0.6 is 0 Å². The van der Waals surface area contributed by atoms with Crippen molar-refractivity contribution in [1.82, 2.24) is 5.32 Å². The molecular formula is C18H26N2O3. The van der Waals surface area contributed by atoms with Crippen molar-refractivity contribution in [2.24, 2.45) is 5.92 Å². The molecule has 0 spiro atoms. The second kappa shape index (κ2) is 7.21. The van der Waals surface area contributed by atoms with E-state index in [-0.39, 0.29) is 17.9 Å². The van der Waals surface area contributed by atoms with Crippen LogP contribution in [0.3, 0.4) is 0 Å². The van der Waals surface area contributed by atoms with Crippen molar-refractivity contribution in [2.45, 2.75) is 44.2 Å². The molecule has 2 fully saturated rings. The maximum Gasteiger partial charge on any atom is 0.225 e. The second-order valence-corrected chi connectivity index (χ2v) is 6.57. The van der Waals surface area contributed by atoms with Gasteiger partial charge in [-0.2, -0.15) is 0 Å². The van der Waals surface area contributed by atoms with E-state index in [0.717, 1.165) is 56.6 Å². The summed E-state index contributed by atoms with van der Waals surface area (Å²) in [4.78, 5) is 14.7. The lowest BCUT2D eigenvalue weighted by Crippen LogP contribution is -2.50. The van der Waals surface area contributed by atoms with Gasteiger partial charge in [0.1, 0.15) is 5.75 Å². The fourth-order valence-electron chi connectivity index (χ4n) is 3.76. The number of benzene rings is 1.